The molecule has 0 bridgehead atoms. The van der Waals surface area contributed by atoms with E-state index in [0.29, 0.717) is 24.2 Å². The Balaban J connectivity index is 1.51. The number of nitrogens with one attached hydrogen (secondary N) is 1. The van der Waals surface area contributed by atoms with Gasteiger partial charge in [-0.3, -0.25) is 0 Å². The fourth-order valence-electron chi connectivity index (χ4n) is 3.73. The van der Waals surface area contributed by atoms with Crippen LogP contribution in [0.5, 0.6) is 0 Å². The second kappa shape index (κ2) is 9.67. The monoisotopic (exact) mass is 444 g/mol. The highest BCUT2D eigenvalue weighted by molar-refractivity contribution is 7.89. The van der Waals surface area contributed by atoms with Crippen LogP contribution in [-0.4, -0.2) is 49.6 Å². The molecule has 0 radical (unpaired) electrons. The van der Waals surface area contributed by atoms with Crippen LogP contribution in [0.4, 0.5) is 4.39 Å². The molecule has 4 rings (SSSR count). The van der Waals surface area contributed by atoms with Crippen LogP contribution in [0.15, 0.2) is 57.9 Å². The fraction of sp³-hybridized carbons (Fsp3) is 0.364. The van der Waals surface area contributed by atoms with Crippen molar-refractivity contribution in [1.82, 2.24) is 19.8 Å². The Bertz CT molecular complexity index is 1130. The molecule has 1 saturated heterocycles. The number of rotatable bonds is 7. The van der Waals surface area contributed by atoms with Crippen LogP contribution in [0.25, 0.3) is 22.8 Å². The average molecular weight is 445 g/mol. The number of sulfonamides is 1. The molecule has 3 aromatic rings. The minimum Gasteiger partial charge on any atom is -0.334 e. The summed E-state index contributed by atoms with van der Waals surface area (Å²) in [4.78, 5) is 6.65. The number of likely N-dealkylation sites (tertiary alicyclic amines) is 1. The van der Waals surface area contributed by atoms with E-state index in [0.717, 1.165) is 25.9 Å². The van der Waals surface area contributed by atoms with E-state index in [2.05, 4.69) is 19.8 Å². The van der Waals surface area contributed by atoms with Gasteiger partial charge in [0.2, 0.25) is 15.8 Å². The maximum absolute atomic E-state index is 13.5. The maximum Gasteiger partial charge on any atom is 0.259 e. The summed E-state index contributed by atoms with van der Waals surface area (Å²) in [6.45, 7) is 3.01. The second-order valence-corrected chi connectivity index (χ2v) is 9.32. The van der Waals surface area contributed by atoms with Crippen molar-refractivity contribution in [2.24, 2.45) is 0 Å². The summed E-state index contributed by atoms with van der Waals surface area (Å²) in [5.41, 5.74) is 0.755. The van der Waals surface area contributed by atoms with Gasteiger partial charge in [0.25, 0.3) is 5.89 Å². The first-order valence-electron chi connectivity index (χ1n) is 10.4. The minimum absolute atomic E-state index is 0.0627. The largest absolute Gasteiger partial charge is 0.334 e. The van der Waals surface area contributed by atoms with Crippen LogP contribution in [0.2, 0.25) is 0 Å². The van der Waals surface area contributed by atoms with Gasteiger partial charge in [-0.1, -0.05) is 42.3 Å². The number of halogens is 1. The molecule has 164 valence electrons. The smallest absolute Gasteiger partial charge is 0.259 e. The molecule has 0 saturated carbocycles. The molecule has 1 fully saturated rings. The van der Waals surface area contributed by atoms with E-state index in [1.165, 1.54) is 31.0 Å². The standard InChI is InChI=1S/C22H25FN4O3S/c23-18-9-7-8-17(16-18)21-25-22(30-26-21)19-10-3-4-11-20(19)31(28,29)24-12-15-27-13-5-1-2-6-14-27/h3-4,7-11,16,24H,1-2,5-6,12-15H2. The molecular formula is C22H25FN4O3S. The molecule has 1 N–H and O–H groups in total. The van der Waals surface area contributed by atoms with Gasteiger partial charge in [-0.05, 0) is 50.2 Å². The third-order valence-electron chi connectivity index (χ3n) is 5.33. The zero-order valence-electron chi connectivity index (χ0n) is 17.1. The SMILES string of the molecule is O=S(=O)(NCCN1CCCCCC1)c1ccccc1-c1nc(-c2cccc(F)c2)no1. The van der Waals surface area contributed by atoms with Gasteiger partial charge in [-0.15, -0.1) is 0 Å². The summed E-state index contributed by atoms with van der Waals surface area (Å²) in [5.74, 6) is -0.163. The summed E-state index contributed by atoms with van der Waals surface area (Å²) >= 11 is 0. The summed E-state index contributed by atoms with van der Waals surface area (Å²) in [5, 5.41) is 3.88. The Morgan fingerprint density at radius 2 is 1.81 bits per heavy atom. The highest BCUT2D eigenvalue weighted by atomic mass is 32.2. The minimum atomic E-state index is -3.78. The van der Waals surface area contributed by atoms with E-state index >= 15 is 0 Å². The van der Waals surface area contributed by atoms with Gasteiger partial charge >= 0.3 is 0 Å². The molecular weight excluding hydrogens is 419 g/mol. The molecule has 0 spiro atoms. The van der Waals surface area contributed by atoms with Crippen LogP contribution in [0, 0.1) is 5.82 Å². The fourth-order valence-corrected chi connectivity index (χ4v) is 4.95. The van der Waals surface area contributed by atoms with Crippen molar-refractivity contribution < 1.29 is 17.3 Å². The van der Waals surface area contributed by atoms with E-state index < -0.39 is 15.8 Å². The molecule has 1 aliphatic rings. The van der Waals surface area contributed by atoms with Crippen molar-refractivity contribution in [1.29, 1.82) is 0 Å². The summed E-state index contributed by atoms with van der Waals surface area (Å²) in [6.07, 6.45) is 4.77. The van der Waals surface area contributed by atoms with Crippen molar-refractivity contribution in [3.05, 3.63) is 54.3 Å². The molecule has 31 heavy (non-hydrogen) atoms. The Morgan fingerprint density at radius 3 is 2.58 bits per heavy atom. The third-order valence-corrected chi connectivity index (χ3v) is 6.85. The number of aromatic nitrogens is 2. The highest BCUT2D eigenvalue weighted by Crippen LogP contribution is 2.28. The number of benzene rings is 2. The zero-order valence-corrected chi connectivity index (χ0v) is 17.9. The van der Waals surface area contributed by atoms with Gasteiger partial charge in [0.05, 0.1) is 10.5 Å². The molecule has 1 aliphatic heterocycles. The topological polar surface area (TPSA) is 88.3 Å². The Hall–Kier alpha value is -2.62. The van der Waals surface area contributed by atoms with Gasteiger partial charge in [-0.2, -0.15) is 4.98 Å². The van der Waals surface area contributed by atoms with E-state index in [-0.39, 0.29) is 16.6 Å². The summed E-state index contributed by atoms with van der Waals surface area (Å²) < 4.78 is 47.5. The van der Waals surface area contributed by atoms with Crippen LogP contribution < -0.4 is 4.72 Å². The lowest BCUT2D eigenvalue weighted by Gasteiger charge is -2.19. The van der Waals surface area contributed by atoms with Gasteiger partial charge < -0.3 is 9.42 Å². The van der Waals surface area contributed by atoms with Crippen LogP contribution >= 0.6 is 0 Å². The van der Waals surface area contributed by atoms with Crippen LogP contribution in [0.1, 0.15) is 25.7 Å². The maximum atomic E-state index is 13.5. The van der Waals surface area contributed by atoms with Crippen LogP contribution in [0.3, 0.4) is 0 Å². The average Bonchev–Trinajstić information content (AvgIpc) is 3.12. The lowest BCUT2D eigenvalue weighted by atomic mass is 10.2. The molecule has 2 aromatic carbocycles. The molecule has 0 amide bonds. The van der Waals surface area contributed by atoms with Crippen molar-refractivity contribution in [2.75, 3.05) is 26.2 Å². The normalized spacial score (nSPS) is 15.6. The van der Waals surface area contributed by atoms with E-state index in [4.69, 9.17) is 4.52 Å². The Labute approximate surface area is 181 Å². The van der Waals surface area contributed by atoms with E-state index in [9.17, 15) is 12.8 Å². The van der Waals surface area contributed by atoms with Crippen molar-refractivity contribution in [2.45, 2.75) is 30.6 Å². The first-order chi connectivity index (χ1) is 15.0. The van der Waals surface area contributed by atoms with Crippen LogP contribution in [-0.2, 0) is 10.0 Å². The first-order valence-corrected chi connectivity index (χ1v) is 11.9. The van der Waals surface area contributed by atoms with E-state index in [1.807, 2.05) is 0 Å². The molecule has 0 aliphatic carbocycles. The quantitative estimate of drug-likeness (QED) is 0.598. The number of hydrogen-bond acceptors (Lipinski definition) is 6. The molecule has 9 heteroatoms. The summed E-state index contributed by atoms with van der Waals surface area (Å²) in [6, 6.07) is 12.3. The van der Waals surface area contributed by atoms with Gasteiger partial charge in [-0.25, -0.2) is 17.5 Å². The first kappa shape index (κ1) is 21.6. The lowest BCUT2D eigenvalue weighted by Crippen LogP contribution is -2.35. The molecule has 7 nitrogen and oxygen atoms in total. The lowest BCUT2D eigenvalue weighted by molar-refractivity contribution is 0.290. The molecule has 2 heterocycles. The van der Waals surface area contributed by atoms with Crippen molar-refractivity contribution >= 4 is 10.0 Å². The molecule has 0 unspecified atom stereocenters. The summed E-state index contributed by atoms with van der Waals surface area (Å²) in [7, 11) is -3.78. The van der Waals surface area contributed by atoms with Gasteiger partial charge in [0.15, 0.2) is 0 Å². The number of hydrogen-bond donors (Lipinski definition) is 1. The molecule has 1 aromatic heterocycles. The third kappa shape index (κ3) is 5.36. The second-order valence-electron chi connectivity index (χ2n) is 7.58. The van der Waals surface area contributed by atoms with Gasteiger partial charge in [0.1, 0.15) is 5.82 Å². The highest BCUT2D eigenvalue weighted by Gasteiger charge is 2.23. The zero-order chi connectivity index (χ0) is 21.7. The number of nitrogens with zero attached hydrogens (tertiary/aromatic N) is 3. The van der Waals surface area contributed by atoms with Gasteiger partial charge in [0, 0.05) is 18.7 Å². The van der Waals surface area contributed by atoms with E-state index in [1.54, 1.807) is 30.3 Å². The van der Waals surface area contributed by atoms with Crippen molar-refractivity contribution in [3.8, 4) is 22.8 Å². The molecule has 0 atom stereocenters. The predicted octanol–water partition coefficient (Wildman–Crippen LogP) is 3.70. The predicted molar refractivity (Wildman–Crippen MR) is 115 cm³/mol. The Kier molecular flexibility index (Phi) is 6.74. The van der Waals surface area contributed by atoms with Crippen molar-refractivity contribution in [3.63, 3.8) is 0 Å². The Morgan fingerprint density at radius 1 is 1.03 bits per heavy atom.